The first-order valence-corrected chi connectivity index (χ1v) is 6.59. The van der Waals surface area contributed by atoms with Gasteiger partial charge in [-0.25, -0.2) is 4.98 Å². The van der Waals surface area contributed by atoms with Gasteiger partial charge >= 0.3 is 0 Å². The van der Waals surface area contributed by atoms with Crippen LogP contribution in [-0.4, -0.2) is 48.1 Å². The molecule has 0 aromatic carbocycles. The van der Waals surface area contributed by atoms with E-state index in [2.05, 4.69) is 26.2 Å². The molecule has 1 aromatic rings. The van der Waals surface area contributed by atoms with Crippen molar-refractivity contribution in [3.63, 3.8) is 0 Å². The first-order chi connectivity index (χ1) is 8.58. The van der Waals surface area contributed by atoms with Gasteiger partial charge in [-0.15, -0.1) is 0 Å². The van der Waals surface area contributed by atoms with Gasteiger partial charge in [0.25, 0.3) is 0 Å². The second-order valence-corrected chi connectivity index (χ2v) is 4.93. The number of ether oxygens (including phenoxy) is 1. The Bertz CT molecular complexity index is 361. The molecule has 5 nitrogen and oxygen atoms in total. The Labute approximate surface area is 119 Å². The molecule has 3 N–H and O–H groups in total. The van der Waals surface area contributed by atoms with E-state index >= 15 is 0 Å². The minimum atomic E-state index is -0.798. The van der Waals surface area contributed by atoms with Crippen LogP contribution in [0, 0.1) is 0 Å². The third-order valence-electron chi connectivity index (χ3n) is 2.37. The van der Waals surface area contributed by atoms with E-state index in [-0.39, 0.29) is 12.6 Å². The number of pyridine rings is 1. The van der Waals surface area contributed by atoms with Gasteiger partial charge in [0.15, 0.2) is 0 Å². The molecular formula is C11H16BrClN2O3. The summed E-state index contributed by atoms with van der Waals surface area (Å²) in [4.78, 5) is 3.96. The van der Waals surface area contributed by atoms with Crippen molar-refractivity contribution in [2.75, 3.05) is 26.9 Å². The minimum Gasteiger partial charge on any atom is -0.395 e. The molecule has 1 heterocycles. The Balaban J connectivity index is 2.82. The standard InChI is InChI=1S/C11H16BrClN2O3/c1-18-6-8(14-2-3-16)11(17)7-4-9(12)15-10(13)5-7/h4-5,8,11,14,16-17H,2-3,6H2,1H3/t8-,11-/m1/s1. The molecule has 0 unspecified atom stereocenters. The van der Waals surface area contributed by atoms with E-state index in [9.17, 15) is 5.11 Å². The van der Waals surface area contributed by atoms with Crippen LogP contribution >= 0.6 is 27.5 Å². The van der Waals surface area contributed by atoms with Gasteiger partial charge in [-0.05, 0) is 33.6 Å². The summed E-state index contributed by atoms with van der Waals surface area (Å²) in [7, 11) is 1.55. The number of aromatic nitrogens is 1. The van der Waals surface area contributed by atoms with Crippen LogP contribution in [0.5, 0.6) is 0 Å². The zero-order valence-corrected chi connectivity index (χ0v) is 12.3. The van der Waals surface area contributed by atoms with Crippen molar-refractivity contribution in [2.24, 2.45) is 0 Å². The topological polar surface area (TPSA) is 74.6 Å². The molecule has 102 valence electrons. The van der Waals surface area contributed by atoms with Gasteiger partial charge in [0.1, 0.15) is 9.76 Å². The zero-order valence-electron chi connectivity index (χ0n) is 9.94. The number of nitrogens with one attached hydrogen (secondary N) is 1. The summed E-state index contributed by atoms with van der Waals surface area (Å²) in [5, 5.41) is 22.4. The van der Waals surface area contributed by atoms with Crippen LogP contribution in [-0.2, 0) is 4.74 Å². The highest BCUT2D eigenvalue weighted by molar-refractivity contribution is 9.10. The zero-order chi connectivity index (χ0) is 13.5. The van der Waals surface area contributed by atoms with Gasteiger partial charge in [-0.2, -0.15) is 0 Å². The third-order valence-corrected chi connectivity index (χ3v) is 2.97. The number of hydrogen-bond acceptors (Lipinski definition) is 5. The van der Waals surface area contributed by atoms with E-state index in [4.69, 9.17) is 21.4 Å². The molecule has 0 radical (unpaired) electrons. The van der Waals surface area contributed by atoms with Crippen molar-refractivity contribution in [3.05, 3.63) is 27.5 Å². The van der Waals surface area contributed by atoms with Crippen molar-refractivity contribution < 1.29 is 14.9 Å². The molecule has 0 aliphatic rings. The molecule has 0 saturated heterocycles. The molecule has 1 aromatic heterocycles. The van der Waals surface area contributed by atoms with Crippen LogP contribution in [0.2, 0.25) is 5.15 Å². The van der Waals surface area contributed by atoms with E-state index in [1.54, 1.807) is 19.2 Å². The monoisotopic (exact) mass is 338 g/mol. The quantitative estimate of drug-likeness (QED) is 0.649. The lowest BCUT2D eigenvalue weighted by atomic mass is 10.0. The molecule has 18 heavy (non-hydrogen) atoms. The minimum absolute atomic E-state index is 0.00622. The molecule has 0 bridgehead atoms. The predicted molar refractivity (Wildman–Crippen MR) is 72.7 cm³/mol. The summed E-state index contributed by atoms with van der Waals surface area (Å²) in [5.74, 6) is 0. The smallest absolute Gasteiger partial charge is 0.130 e. The molecule has 0 fully saturated rings. The maximum absolute atomic E-state index is 10.3. The van der Waals surface area contributed by atoms with Crippen molar-refractivity contribution in [1.82, 2.24) is 10.3 Å². The fourth-order valence-corrected chi connectivity index (χ4v) is 2.35. The first kappa shape index (κ1) is 15.8. The first-order valence-electron chi connectivity index (χ1n) is 5.42. The van der Waals surface area contributed by atoms with E-state index < -0.39 is 6.10 Å². The summed E-state index contributed by atoms with van der Waals surface area (Å²) in [5.41, 5.74) is 0.634. The van der Waals surface area contributed by atoms with Gasteiger partial charge in [0.2, 0.25) is 0 Å². The third kappa shape index (κ3) is 4.79. The van der Waals surface area contributed by atoms with Crippen LogP contribution in [0.1, 0.15) is 11.7 Å². The second kappa shape index (κ2) is 8.04. The molecule has 0 amide bonds. The van der Waals surface area contributed by atoms with Crippen molar-refractivity contribution in [3.8, 4) is 0 Å². The Hall–Kier alpha value is -0.240. The lowest BCUT2D eigenvalue weighted by Crippen LogP contribution is -2.40. The maximum atomic E-state index is 10.3. The highest BCUT2D eigenvalue weighted by Crippen LogP contribution is 2.23. The fourth-order valence-electron chi connectivity index (χ4n) is 1.58. The van der Waals surface area contributed by atoms with Crippen LogP contribution in [0.3, 0.4) is 0 Å². The largest absolute Gasteiger partial charge is 0.395 e. The number of hydrogen-bond donors (Lipinski definition) is 3. The Morgan fingerprint density at radius 2 is 2.28 bits per heavy atom. The molecule has 0 aliphatic carbocycles. The average molecular weight is 340 g/mol. The number of aliphatic hydroxyl groups is 2. The Kier molecular flexibility index (Phi) is 7.06. The fraction of sp³-hybridized carbons (Fsp3) is 0.545. The predicted octanol–water partition coefficient (Wildman–Crippen LogP) is 1.13. The van der Waals surface area contributed by atoms with Crippen molar-refractivity contribution in [1.29, 1.82) is 0 Å². The molecule has 1 rings (SSSR count). The van der Waals surface area contributed by atoms with Gasteiger partial charge in [-0.3, -0.25) is 0 Å². The molecular weight excluding hydrogens is 323 g/mol. The summed E-state index contributed by atoms with van der Waals surface area (Å²) in [6.07, 6.45) is -0.798. The van der Waals surface area contributed by atoms with Crippen LogP contribution in [0.15, 0.2) is 16.7 Å². The summed E-state index contributed by atoms with van der Waals surface area (Å²) < 4.78 is 5.60. The highest BCUT2D eigenvalue weighted by Gasteiger charge is 2.21. The SMILES string of the molecule is COC[C@@H](NCCO)[C@H](O)c1cc(Cl)nc(Br)c1. The normalized spacial score (nSPS) is 14.5. The van der Waals surface area contributed by atoms with Crippen molar-refractivity contribution in [2.45, 2.75) is 12.1 Å². The number of methoxy groups -OCH3 is 1. The average Bonchev–Trinajstić information content (AvgIpc) is 2.32. The molecule has 0 spiro atoms. The van der Waals surface area contributed by atoms with Crippen LogP contribution < -0.4 is 5.32 Å². The summed E-state index contributed by atoms with van der Waals surface area (Å²) >= 11 is 9.06. The highest BCUT2D eigenvalue weighted by atomic mass is 79.9. The summed E-state index contributed by atoms with van der Waals surface area (Å²) in [6.45, 7) is 0.692. The number of rotatable bonds is 7. The van der Waals surface area contributed by atoms with E-state index in [1.807, 2.05) is 0 Å². The van der Waals surface area contributed by atoms with E-state index in [1.165, 1.54) is 0 Å². The van der Waals surface area contributed by atoms with Gasteiger partial charge < -0.3 is 20.3 Å². The van der Waals surface area contributed by atoms with E-state index in [0.29, 0.717) is 28.5 Å². The van der Waals surface area contributed by atoms with Crippen LogP contribution in [0.25, 0.3) is 0 Å². The van der Waals surface area contributed by atoms with Crippen molar-refractivity contribution >= 4 is 27.5 Å². The van der Waals surface area contributed by atoms with E-state index in [0.717, 1.165) is 0 Å². The molecule has 0 saturated carbocycles. The Morgan fingerprint density at radius 3 is 2.83 bits per heavy atom. The number of nitrogens with zero attached hydrogens (tertiary/aromatic N) is 1. The second-order valence-electron chi connectivity index (χ2n) is 3.73. The number of halogens is 2. The maximum Gasteiger partial charge on any atom is 0.130 e. The van der Waals surface area contributed by atoms with Gasteiger partial charge in [-0.1, -0.05) is 11.6 Å². The lowest BCUT2D eigenvalue weighted by Gasteiger charge is -2.23. The number of aliphatic hydroxyl groups excluding tert-OH is 2. The molecule has 0 aliphatic heterocycles. The Morgan fingerprint density at radius 1 is 1.56 bits per heavy atom. The van der Waals surface area contributed by atoms with Crippen LogP contribution in [0.4, 0.5) is 0 Å². The van der Waals surface area contributed by atoms with Gasteiger partial charge in [0.05, 0.1) is 25.4 Å². The molecule has 2 atom stereocenters. The summed E-state index contributed by atoms with van der Waals surface area (Å²) in [6, 6.07) is 2.97. The molecule has 7 heteroatoms. The van der Waals surface area contributed by atoms with Gasteiger partial charge in [0, 0.05) is 13.7 Å². The lowest BCUT2D eigenvalue weighted by molar-refractivity contribution is 0.0673.